The summed E-state index contributed by atoms with van der Waals surface area (Å²) < 4.78 is 0. The number of rotatable bonds is 1. The van der Waals surface area contributed by atoms with Crippen molar-refractivity contribution in [3.63, 3.8) is 0 Å². The van der Waals surface area contributed by atoms with Gasteiger partial charge in [-0.2, -0.15) is 5.26 Å². The minimum atomic E-state index is 0.399. The summed E-state index contributed by atoms with van der Waals surface area (Å²) in [6, 6.07) is 16.5. The number of para-hydroxylation sites is 1. The molecule has 1 aromatic heterocycles. The van der Waals surface area contributed by atoms with Crippen molar-refractivity contribution < 1.29 is 0 Å². The van der Waals surface area contributed by atoms with E-state index in [2.05, 4.69) is 47.1 Å². The van der Waals surface area contributed by atoms with E-state index in [9.17, 15) is 0 Å². The van der Waals surface area contributed by atoms with Gasteiger partial charge in [0.2, 0.25) is 0 Å². The zero-order valence-electron chi connectivity index (χ0n) is 10.9. The summed E-state index contributed by atoms with van der Waals surface area (Å²) in [5.74, 6) is 0.860. The summed E-state index contributed by atoms with van der Waals surface area (Å²) >= 11 is 0. The Bertz CT molecular complexity index is 642. The van der Waals surface area contributed by atoms with Gasteiger partial charge in [0.25, 0.3) is 0 Å². The molecule has 0 radical (unpaired) electrons. The maximum Gasteiger partial charge on any atom is 0.142 e. The molecule has 0 N–H and O–H groups in total. The molecule has 1 aromatic carbocycles. The Morgan fingerprint density at radius 1 is 1.21 bits per heavy atom. The van der Waals surface area contributed by atoms with Crippen molar-refractivity contribution in [3.8, 4) is 6.07 Å². The smallest absolute Gasteiger partial charge is 0.142 e. The number of pyridine rings is 1. The van der Waals surface area contributed by atoms with Crippen LogP contribution in [-0.2, 0) is 6.42 Å². The van der Waals surface area contributed by atoms with E-state index in [4.69, 9.17) is 5.26 Å². The Morgan fingerprint density at radius 2 is 2.05 bits per heavy atom. The number of anilines is 2. The van der Waals surface area contributed by atoms with Crippen LogP contribution in [0.1, 0.15) is 24.6 Å². The van der Waals surface area contributed by atoms with Crippen LogP contribution in [0.15, 0.2) is 42.5 Å². The quantitative estimate of drug-likeness (QED) is 0.777. The van der Waals surface area contributed by atoms with Crippen molar-refractivity contribution in [1.82, 2.24) is 4.98 Å². The summed E-state index contributed by atoms with van der Waals surface area (Å²) in [4.78, 5) is 6.66. The first-order chi connectivity index (χ1) is 9.29. The lowest BCUT2D eigenvalue weighted by atomic mass is 9.96. The zero-order chi connectivity index (χ0) is 13.2. The topological polar surface area (TPSA) is 39.9 Å². The molecule has 3 nitrogen and oxygen atoms in total. The largest absolute Gasteiger partial charge is 0.323 e. The summed E-state index contributed by atoms with van der Waals surface area (Å²) in [5.41, 5.74) is 3.03. The maximum absolute atomic E-state index is 8.99. The van der Waals surface area contributed by atoms with Crippen LogP contribution < -0.4 is 4.90 Å². The van der Waals surface area contributed by atoms with Gasteiger partial charge in [-0.1, -0.05) is 24.3 Å². The van der Waals surface area contributed by atoms with E-state index in [1.807, 2.05) is 12.1 Å². The molecule has 0 saturated carbocycles. The Balaban J connectivity index is 2.11. The van der Waals surface area contributed by atoms with Crippen LogP contribution in [0.5, 0.6) is 0 Å². The molecule has 0 bridgehead atoms. The van der Waals surface area contributed by atoms with Gasteiger partial charge < -0.3 is 4.90 Å². The maximum atomic E-state index is 8.99. The van der Waals surface area contributed by atoms with Crippen molar-refractivity contribution in [2.45, 2.75) is 25.8 Å². The lowest BCUT2D eigenvalue weighted by Gasteiger charge is -2.36. The van der Waals surface area contributed by atoms with Crippen LogP contribution in [0.25, 0.3) is 0 Å². The van der Waals surface area contributed by atoms with Crippen molar-refractivity contribution >= 4 is 11.5 Å². The van der Waals surface area contributed by atoms with E-state index in [0.29, 0.717) is 11.7 Å². The van der Waals surface area contributed by atoms with Crippen molar-refractivity contribution in [3.05, 3.63) is 53.7 Å². The minimum absolute atomic E-state index is 0.399. The molecular weight excluding hydrogens is 234 g/mol. The number of aromatic nitrogens is 1. The third-order valence-electron chi connectivity index (χ3n) is 3.62. The number of fused-ring (bicyclic) bond motifs is 1. The fourth-order valence-electron chi connectivity index (χ4n) is 2.66. The minimum Gasteiger partial charge on any atom is -0.323 e. The van der Waals surface area contributed by atoms with Crippen molar-refractivity contribution in [1.29, 1.82) is 5.26 Å². The van der Waals surface area contributed by atoms with Gasteiger partial charge in [0.15, 0.2) is 0 Å². The van der Waals surface area contributed by atoms with Crippen LogP contribution in [0.2, 0.25) is 0 Å². The molecule has 0 amide bonds. The van der Waals surface area contributed by atoms with Gasteiger partial charge in [0.05, 0.1) is 0 Å². The molecule has 19 heavy (non-hydrogen) atoms. The van der Waals surface area contributed by atoms with Gasteiger partial charge in [-0.05, 0) is 43.5 Å². The van der Waals surface area contributed by atoms with Gasteiger partial charge >= 0.3 is 0 Å². The number of hydrogen-bond donors (Lipinski definition) is 0. The number of hydrogen-bond acceptors (Lipinski definition) is 3. The fourth-order valence-corrected chi connectivity index (χ4v) is 2.66. The summed E-state index contributed by atoms with van der Waals surface area (Å²) in [5, 5.41) is 8.99. The monoisotopic (exact) mass is 249 g/mol. The van der Waals surface area contributed by atoms with Gasteiger partial charge in [0, 0.05) is 11.7 Å². The van der Waals surface area contributed by atoms with E-state index in [1.165, 1.54) is 11.3 Å². The number of aryl methyl sites for hydroxylation is 1. The predicted molar refractivity (Wildman–Crippen MR) is 75.3 cm³/mol. The lowest BCUT2D eigenvalue weighted by molar-refractivity contribution is 0.613. The van der Waals surface area contributed by atoms with E-state index >= 15 is 0 Å². The van der Waals surface area contributed by atoms with Crippen LogP contribution in [0.3, 0.4) is 0 Å². The van der Waals surface area contributed by atoms with Crippen molar-refractivity contribution in [2.75, 3.05) is 4.90 Å². The Hall–Kier alpha value is -2.34. The van der Waals surface area contributed by atoms with Gasteiger partial charge in [-0.15, -0.1) is 0 Å². The molecular formula is C16H15N3. The summed E-state index contributed by atoms with van der Waals surface area (Å²) in [7, 11) is 0. The Labute approximate surface area is 113 Å². The number of nitriles is 1. The second kappa shape index (κ2) is 4.74. The molecule has 0 spiro atoms. The third kappa shape index (κ3) is 2.06. The summed E-state index contributed by atoms with van der Waals surface area (Å²) in [6.07, 6.45) is 2.21. The molecule has 1 aliphatic rings. The first kappa shape index (κ1) is 11.7. The van der Waals surface area contributed by atoms with Crippen LogP contribution in [0.4, 0.5) is 11.5 Å². The van der Waals surface area contributed by atoms with E-state index in [-0.39, 0.29) is 0 Å². The average Bonchev–Trinajstić information content (AvgIpc) is 2.47. The Morgan fingerprint density at radius 3 is 2.89 bits per heavy atom. The molecule has 0 fully saturated rings. The molecule has 1 unspecified atom stereocenters. The third-order valence-corrected chi connectivity index (χ3v) is 3.62. The van der Waals surface area contributed by atoms with E-state index < -0.39 is 0 Å². The first-order valence-corrected chi connectivity index (χ1v) is 6.54. The van der Waals surface area contributed by atoms with Crippen molar-refractivity contribution in [2.24, 2.45) is 0 Å². The van der Waals surface area contributed by atoms with Crippen LogP contribution in [-0.4, -0.2) is 11.0 Å². The summed E-state index contributed by atoms with van der Waals surface area (Å²) in [6.45, 7) is 2.21. The second-order valence-corrected chi connectivity index (χ2v) is 4.88. The molecule has 2 heterocycles. The molecule has 3 rings (SSSR count). The fraction of sp³-hybridized carbons (Fsp3) is 0.250. The SMILES string of the molecule is CC1CCc2ccccc2N1c1cccc(C#N)n1. The number of benzene rings is 1. The van der Waals surface area contributed by atoms with Gasteiger partial charge in [-0.25, -0.2) is 4.98 Å². The molecule has 1 atom stereocenters. The second-order valence-electron chi connectivity index (χ2n) is 4.88. The molecule has 1 aliphatic heterocycles. The van der Waals surface area contributed by atoms with E-state index in [1.54, 1.807) is 6.07 Å². The van der Waals surface area contributed by atoms with Gasteiger partial charge in [-0.3, -0.25) is 0 Å². The molecule has 0 saturated heterocycles. The highest BCUT2D eigenvalue weighted by Gasteiger charge is 2.24. The van der Waals surface area contributed by atoms with Crippen LogP contribution >= 0.6 is 0 Å². The highest BCUT2D eigenvalue weighted by Crippen LogP contribution is 2.35. The van der Waals surface area contributed by atoms with Crippen LogP contribution in [0, 0.1) is 11.3 Å². The normalized spacial score (nSPS) is 17.7. The zero-order valence-corrected chi connectivity index (χ0v) is 10.9. The lowest BCUT2D eigenvalue weighted by Crippen LogP contribution is -2.33. The average molecular weight is 249 g/mol. The van der Waals surface area contributed by atoms with E-state index in [0.717, 1.165) is 18.7 Å². The Kier molecular flexibility index (Phi) is 2.92. The molecule has 3 heteroatoms. The predicted octanol–water partition coefficient (Wildman–Crippen LogP) is 3.43. The standard InChI is InChI=1S/C16H15N3/c1-12-9-10-13-5-2-3-7-15(13)19(12)16-8-4-6-14(11-17)18-16/h2-8,12H,9-10H2,1H3. The number of nitrogens with zero attached hydrogens (tertiary/aromatic N) is 3. The molecule has 94 valence electrons. The molecule has 2 aromatic rings. The highest BCUT2D eigenvalue weighted by molar-refractivity contribution is 5.66. The van der Waals surface area contributed by atoms with Gasteiger partial charge in [0.1, 0.15) is 17.6 Å². The first-order valence-electron chi connectivity index (χ1n) is 6.54. The molecule has 0 aliphatic carbocycles. The highest BCUT2D eigenvalue weighted by atomic mass is 15.2.